The lowest BCUT2D eigenvalue weighted by molar-refractivity contribution is 0.0781. The van der Waals surface area contributed by atoms with Crippen molar-refractivity contribution in [3.05, 3.63) is 36.5 Å². The van der Waals surface area contributed by atoms with E-state index >= 15 is 0 Å². The van der Waals surface area contributed by atoms with Crippen LogP contribution in [0.5, 0.6) is 17.5 Å². The second kappa shape index (κ2) is 8.42. The van der Waals surface area contributed by atoms with E-state index < -0.39 is 29.0 Å². The fourth-order valence-corrected chi connectivity index (χ4v) is 4.07. The molecule has 0 unspecified atom stereocenters. The van der Waals surface area contributed by atoms with Gasteiger partial charge in [-0.3, -0.25) is 0 Å². The number of H-pyrrole nitrogens is 1. The second-order valence-corrected chi connectivity index (χ2v) is 8.08. The van der Waals surface area contributed by atoms with Gasteiger partial charge in [0.2, 0.25) is 11.7 Å². The van der Waals surface area contributed by atoms with E-state index in [0.29, 0.717) is 11.0 Å². The van der Waals surface area contributed by atoms with Gasteiger partial charge in [0.1, 0.15) is 17.0 Å². The van der Waals surface area contributed by atoms with Gasteiger partial charge in [0, 0.05) is 11.6 Å². The van der Waals surface area contributed by atoms with Crippen LogP contribution in [-0.4, -0.2) is 55.6 Å². The zero-order valence-electron chi connectivity index (χ0n) is 16.8. The van der Waals surface area contributed by atoms with Crippen molar-refractivity contribution in [3.8, 4) is 17.5 Å². The van der Waals surface area contributed by atoms with Crippen LogP contribution in [0.4, 0.5) is 14.7 Å². The van der Waals surface area contributed by atoms with Gasteiger partial charge in [-0.05, 0) is 12.1 Å². The van der Waals surface area contributed by atoms with E-state index in [2.05, 4.69) is 24.7 Å². The van der Waals surface area contributed by atoms with E-state index in [1.165, 1.54) is 20.4 Å². The quantitative estimate of drug-likeness (QED) is 0.406. The molecular formula is C19H17F2N5O5S. The van der Waals surface area contributed by atoms with Crippen LogP contribution >= 0.6 is 0 Å². The summed E-state index contributed by atoms with van der Waals surface area (Å²) in [7, 11) is -1.77. The van der Waals surface area contributed by atoms with Crippen molar-refractivity contribution in [2.75, 3.05) is 25.5 Å². The van der Waals surface area contributed by atoms with Gasteiger partial charge in [-0.25, -0.2) is 26.9 Å². The second-order valence-electron chi connectivity index (χ2n) is 6.43. The number of ether oxygens (including phenoxy) is 3. The van der Waals surface area contributed by atoms with Crippen LogP contribution in [0.1, 0.15) is 0 Å². The first kappa shape index (κ1) is 21.5. The number of benzene rings is 1. The van der Waals surface area contributed by atoms with Gasteiger partial charge in [-0.2, -0.15) is 9.97 Å². The van der Waals surface area contributed by atoms with Crippen molar-refractivity contribution in [1.82, 2.24) is 19.9 Å². The molecule has 0 radical (unpaired) electrons. The van der Waals surface area contributed by atoms with Crippen molar-refractivity contribution < 1.29 is 31.4 Å². The van der Waals surface area contributed by atoms with Crippen LogP contribution in [0.3, 0.4) is 0 Å². The monoisotopic (exact) mass is 465 g/mol. The molecule has 1 aromatic carbocycles. The molecule has 3 heterocycles. The SMILES string of the molecule is COc1nc(NS(=O)(=O)c2c[nH]c3cc4ccccc4nc23)nc(OC)c1OCC(F)F. The van der Waals surface area contributed by atoms with E-state index in [1.807, 2.05) is 12.1 Å². The molecule has 32 heavy (non-hydrogen) atoms. The number of para-hydroxylation sites is 1. The van der Waals surface area contributed by atoms with Crippen LogP contribution in [-0.2, 0) is 10.0 Å². The minimum absolute atomic E-state index is 0.127. The number of anilines is 1. The number of pyridine rings is 1. The van der Waals surface area contributed by atoms with Crippen LogP contribution in [0, 0.1) is 0 Å². The first-order valence-electron chi connectivity index (χ1n) is 9.13. The average molecular weight is 465 g/mol. The number of methoxy groups -OCH3 is 2. The number of sulfonamides is 1. The highest BCUT2D eigenvalue weighted by Crippen LogP contribution is 2.36. The van der Waals surface area contributed by atoms with Gasteiger partial charge in [0.05, 0.1) is 25.3 Å². The van der Waals surface area contributed by atoms with Crippen molar-refractivity contribution in [1.29, 1.82) is 0 Å². The maximum absolute atomic E-state index is 13.0. The minimum Gasteiger partial charge on any atom is -0.478 e. The zero-order chi connectivity index (χ0) is 22.9. The van der Waals surface area contributed by atoms with E-state index in [9.17, 15) is 17.2 Å². The first-order chi connectivity index (χ1) is 15.3. The summed E-state index contributed by atoms with van der Waals surface area (Å²) in [6.45, 7) is -0.948. The molecule has 0 bridgehead atoms. The molecule has 0 aliphatic carbocycles. The number of alkyl halides is 2. The Bertz CT molecular complexity index is 1370. The normalized spacial score (nSPS) is 11.8. The third-order valence-corrected chi connectivity index (χ3v) is 5.72. The van der Waals surface area contributed by atoms with Gasteiger partial charge in [-0.15, -0.1) is 0 Å². The predicted molar refractivity (Wildman–Crippen MR) is 111 cm³/mol. The number of rotatable bonds is 8. The summed E-state index contributed by atoms with van der Waals surface area (Å²) in [6, 6.07) is 9.06. The van der Waals surface area contributed by atoms with Crippen LogP contribution < -0.4 is 18.9 Å². The number of aromatic nitrogens is 4. The lowest BCUT2D eigenvalue weighted by Gasteiger charge is -2.14. The predicted octanol–water partition coefficient (Wildman–Crippen LogP) is 2.97. The summed E-state index contributed by atoms with van der Waals surface area (Å²) in [5.74, 6) is -1.24. The number of fused-ring (bicyclic) bond motifs is 2. The Kier molecular flexibility index (Phi) is 5.65. The van der Waals surface area contributed by atoms with Crippen molar-refractivity contribution >= 4 is 37.9 Å². The van der Waals surface area contributed by atoms with E-state index in [1.54, 1.807) is 18.2 Å². The van der Waals surface area contributed by atoms with Gasteiger partial charge in [-0.1, -0.05) is 18.2 Å². The summed E-state index contributed by atoms with van der Waals surface area (Å²) in [4.78, 5) is 15.0. The van der Waals surface area contributed by atoms with Crippen molar-refractivity contribution in [2.45, 2.75) is 11.3 Å². The molecule has 13 heteroatoms. The highest BCUT2D eigenvalue weighted by Gasteiger charge is 2.25. The molecular weight excluding hydrogens is 448 g/mol. The number of aromatic amines is 1. The molecule has 0 fully saturated rings. The van der Waals surface area contributed by atoms with E-state index in [-0.39, 0.29) is 27.9 Å². The summed E-state index contributed by atoms with van der Waals surface area (Å²) >= 11 is 0. The highest BCUT2D eigenvalue weighted by molar-refractivity contribution is 7.93. The lowest BCUT2D eigenvalue weighted by atomic mass is 10.2. The van der Waals surface area contributed by atoms with E-state index in [0.717, 1.165) is 5.39 Å². The standard InChI is InChI=1S/C19H17F2N5O5S/c1-29-17-16(31-9-14(20)21)18(30-2)25-19(24-17)26-32(27,28)13-8-22-12-7-10-5-3-4-6-11(10)23-15(12)13/h3-8,14,22H,9H2,1-2H3,(H,24,25,26). The number of nitrogens with one attached hydrogen (secondary N) is 2. The van der Waals surface area contributed by atoms with Crippen molar-refractivity contribution in [3.63, 3.8) is 0 Å². The molecule has 0 saturated heterocycles. The maximum atomic E-state index is 13.0. The Labute approximate surface area is 180 Å². The van der Waals surface area contributed by atoms with Gasteiger partial charge in [0.25, 0.3) is 28.2 Å². The Morgan fingerprint density at radius 2 is 1.78 bits per heavy atom. The molecule has 168 valence electrons. The zero-order valence-corrected chi connectivity index (χ0v) is 17.6. The molecule has 0 amide bonds. The van der Waals surface area contributed by atoms with E-state index in [4.69, 9.17) is 14.2 Å². The summed E-state index contributed by atoms with van der Waals surface area (Å²) in [5, 5.41) is 0.843. The Morgan fingerprint density at radius 1 is 1.09 bits per heavy atom. The number of halogens is 2. The highest BCUT2D eigenvalue weighted by atomic mass is 32.2. The molecule has 0 saturated carbocycles. The number of nitrogens with zero attached hydrogens (tertiary/aromatic N) is 3. The molecule has 4 aromatic rings. The molecule has 10 nitrogen and oxygen atoms in total. The molecule has 2 N–H and O–H groups in total. The maximum Gasteiger partial charge on any atom is 0.272 e. The average Bonchev–Trinajstić information content (AvgIpc) is 3.19. The van der Waals surface area contributed by atoms with Crippen LogP contribution in [0.15, 0.2) is 41.4 Å². The van der Waals surface area contributed by atoms with Gasteiger partial charge < -0.3 is 19.2 Å². The first-order valence-corrected chi connectivity index (χ1v) is 10.6. The third-order valence-electron chi connectivity index (χ3n) is 4.38. The smallest absolute Gasteiger partial charge is 0.272 e. The summed E-state index contributed by atoms with van der Waals surface area (Å²) in [5.41, 5.74) is 1.37. The Hall–Kier alpha value is -3.74. The Balaban J connectivity index is 1.72. The van der Waals surface area contributed by atoms with Crippen molar-refractivity contribution in [2.24, 2.45) is 0 Å². The number of hydrogen-bond acceptors (Lipinski definition) is 8. The lowest BCUT2D eigenvalue weighted by Crippen LogP contribution is -2.16. The van der Waals surface area contributed by atoms with Crippen LogP contribution in [0.2, 0.25) is 0 Å². The summed E-state index contributed by atoms with van der Waals surface area (Å²) in [6.07, 6.45) is -1.46. The Morgan fingerprint density at radius 3 is 2.44 bits per heavy atom. The minimum atomic E-state index is -4.19. The number of hydrogen-bond donors (Lipinski definition) is 2. The van der Waals surface area contributed by atoms with Crippen LogP contribution in [0.25, 0.3) is 21.9 Å². The summed E-state index contributed by atoms with van der Waals surface area (Å²) < 4.78 is 68.4. The fraction of sp³-hybridized carbons (Fsp3) is 0.211. The topological polar surface area (TPSA) is 128 Å². The fourth-order valence-electron chi connectivity index (χ4n) is 3.01. The van der Waals surface area contributed by atoms with Gasteiger partial charge >= 0.3 is 0 Å². The molecule has 0 atom stereocenters. The molecule has 3 aromatic heterocycles. The molecule has 0 aliphatic heterocycles. The molecule has 4 rings (SSSR count). The molecule has 0 aliphatic rings. The largest absolute Gasteiger partial charge is 0.478 e. The molecule has 0 spiro atoms. The van der Waals surface area contributed by atoms with Gasteiger partial charge in [0.15, 0.2) is 0 Å². The third kappa shape index (κ3) is 4.06.